The molecule has 0 saturated heterocycles. The van der Waals surface area contributed by atoms with Gasteiger partial charge in [0, 0.05) is 23.9 Å². The van der Waals surface area contributed by atoms with Crippen LogP contribution in [0.4, 0.5) is 0 Å². The number of rotatable bonds is 4. The Bertz CT molecular complexity index is 1540. The van der Waals surface area contributed by atoms with Crippen molar-refractivity contribution >= 4 is 45.1 Å². The first kappa shape index (κ1) is 20.6. The van der Waals surface area contributed by atoms with Crippen LogP contribution < -0.4 is 10.3 Å². The number of benzene rings is 3. The summed E-state index contributed by atoms with van der Waals surface area (Å²) < 4.78 is 8.82. The first-order valence-corrected chi connectivity index (χ1v) is 10.8. The topological polar surface area (TPSA) is 49.0 Å². The molecule has 0 saturated carbocycles. The van der Waals surface area contributed by atoms with Gasteiger partial charge in [-0.2, -0.15) is 0 Å². The number of aromatic nitrogens is 3. The number of nitrogens with zero attached hydrogens (tertiary/aromatic N) is 3. The van der Waals surface area contributed by atoms with E-state index in [0.717, 1.165) is 28.0 Å². The van der Waals surface area contributed by atoms with Gasteiger partial charge < -0.3 is 9.30 Å². The number of aryl methyl sites for hydroxylation is 1. The zero-order valence-corrected chi connectivity index (χ0v) is 19.0. The average molecular weight is 464 g/mol. The van der Waals surface area contributed by atoms with Crippen molar-refractivity contribution in [3.63, 3.8) is 0 Å². The van der Waals surface area contributed by atoms with Gasteiger partial charge in [-0.05, 0) is 48.0 Å². The number of halogens is 2. The Labute approximate surface area is 194 Å². The summed E-state index contributed by atoms with van der Waals surface area (Å²) in [7, 11) is 3.57. The SMILES string of the molecule is COc1ccc(Cc2nc3c(=O)n(-c4ccccc4Cl)c4cc(Cl)ccc4c3n2C)cc1. The molecule has 2 aromatic heterocycles. The van der Waals surface area contributed by atoms with Crippen molar-refractivity contribution in [1.29, 1.82) is 0 Å². The Balaban J connectivity index is 1.79. The predicted molar refractivity (Wildman–Crippen MR) is 130 cm³/mol. The van der Waals surface area contributed by atoms with Gasteiger partial charge in [0.2, 0.25) is 0 Å². The molecule has 32 heavy (non-hydrogen) atoms. The summed E-state index contributed by atoms with van der Waals surface area (Å²) in [6.07, 6.45) is 0.579. The van der Waals surface area contributed by atoms with Gasteiger partial charge in [-0.25, -0.2) is 4.98 Å². The number of methoxy groups -OCH3 is 1. The lowest BCUT2D eigenvalue weighted by atomic mass is 10.1. The zero-order valence-electron chi connectivity index (χ0n) is 17.5. The fraction of sp³-hybridized carbons (Fsp3) is 0.120. The summed E-state index contributed by atoms with van der Waals surface area (Å²) in [6.45, 7) is 0. The van der Waals surface area contributed by atoms with E-state index in [9.17, 15) is 4.79 Å². The first-order valence-electron chi connectivity index (χ1n) is 10.1. The summed E-state index contributed by atoms with van der Waals surface area (Å²) in [5.74, 6) is 1.58. The second kappa shape index (κ2) is 8.01. The lowest BCUT2D eigenvalue weighted by Crippen LogP contribution is -2.20. The molecule has 0 aliphatic heterocycles. The Morgan fingerprint density at radius 1 is 1.00 bits per heavy atom. The molecule has 5 aromatic rings. The third kappa shape index (κ3) is 3.34. The van der Waals surface area contributed by atoms with E-state index >= 15 is 0 Å². The predicted octanol–water partition coefficient (Wildman–Crippen LogP) is 5.78. The van der Waals surface area contributed by atoms with E-state index in [1.54, 1.807) is 23.8 Å². The minimum absolute atomic E-state index is 0.237. The van der Waals surface area contributed by atoms with Gasteiger partial charge in [-0.15, -0.1) is 0 Å². The Morgan fingerprint density at radius 3 is 2.47 bits per heavy atom. The monoisotopic (exact) mass is 463 g/mol. The van der Waals surface area contributed by atoms with Crippen LogP contribution in [-0.2, 0) is 13.5 Å². The van der Waals surface area contributed by atoms with E-state index in [4.69, 9.17) is 32.9 Å². The van der Waals surface area contributed by atoms with E-state index in [1.165, 1.54) is 0 Å². The van der Waals surface area contributed by atoms with E-state index < -0.39 is 0 Å². The molecule has 0 unspecified atom stereocenters. The highest BCUT2D eigenvalue weighted by atomic mass is 35.5. The molecule has 0 bridgehead atoms. The van der Waals surface area contributed by atoms with Crippen molar-refractivity contribution in [2.75, 3.05) is 7.11 Å². The average Bonchev–Trinajstić information content (AvgIpc) is 3.12. The van der Waals surface area contributed by atoms with E-state index in [-0.39, 0.29) is 5.56 Å². The minimum Gasteiger partial charge on any atom is -0.497 e. The summed E-state index contributed by atoms with van der Waals surface area (Å²) >= 11 is 12.8. The molecule has 5 nitrogen and oxygen atoms in total. The van der Waals surface area contributed by atoms with Crippen LogP contribution in [0.15, 0.2) is 71.5 Å². The van der Waals surface area contributed by atoms with Crippen LogP contribution in [0.25, 0.3) is 27.6 Å². The molecule has 0 spiro atoms. The van der Waals surface area contributed by atoms with Crippen LogP contribution in [0.2, 0.25) is 10.0 Å². The van der Waals surface area contributed by atoms with Crippen LogP contribution in [-0.4, -0.2) is 21.2 Å². The van der Waals surface area contributed by atoms with Gasteiger partial charge in [0.1, 0.15) is 11.6 Å². The highest BCUT2D eigenvalue weighted by Gasteiger charge is 2.20. The highest BCUT2D eigenvalue weighted by Crippen LogP contribution is 2.30. The van der Waals surface area contributed by atoms with E-state index in [1.807, 2.05) is 66.2 Å². The maximum absolute atomic E-state index is 13.7. The minimum atomic E-state index is -0.237. The van der Waals surface area contributed by atoms with Crippen molar-refractivity contribution in [1.82, 2.24) is 14.1 Å². The largest absolute Gasteiger partial charge is 0.497 e. The number of pyridine rings is 1. The lowest BCUT2D eigenvalue weighted by Gasteiger charge is -2.13. The molecule has 7 heteroatoms. The van der Waals surface area contributed by atoms with Crippen molar-refractivity contribution in [2.24, 2.45) is 7.05 Å². The van der Waals surface area contributed by atoms with Crippen LogP contribution in [0.1, 0.15) is 11.4 Å². The molecule has 0 N–H and O–H groups in total. The summed E-state index contributed by atoms with van der Waals surface area (Å²) in [4.78, 5) is 18.4. The third-order valence-electron chi connectivity index (χ3n) is 5.66. The molecule has 0 amide bonds. The molecule has 0 fully saturated rings. The Kier molecular flexibility index (Phi) is 5.16. The molecule has 0 radical (unpaired) electrons. The molecule has 3 aromatic carbocycles. The van der Waals surface area contributed by atoms with Crippen molar-refractivity contribution in [3.05, 3.63) is 98.5 Å². The smallest absolute Gasteiger partial charge is 0.283 e. The van der Waals surface area contributed by atoms with E-state index in [2.05, 4.69) is 0 Å². The first-order chi connectivity index (χ1) is 15.5. The molecule has 0 aliphatic rings. The van der Waals surface area contributed by atoms with Gasteiger partial charge in [-0.3, -0.25) is 9.36 Å². The Hall–Kier alpha value is -3.28. The number of hydrogen-bond donors (Lipinski definition) is 0. The fourth-order valence-electron chi connectivity index (χ4n) is 4.06. The normalized spacial score (nSPS) is 11.4. The molecular formula is C25H19Cl2N3O2. The van der Waals surface area contributed by atoms with Crippen LogP contribution in [0.5, 0.6) is 5.75 Å². The third-order valence-corrected chi connectivity index (χ3v) is 6.22. The van der Waals surface area contributed by atoms with Gasteiger partial charge in [0.25, 0.3) is 5.56 Å². The molecule has 5 rings (SSSR count). The number of para-hydroxylation sites is 1. The standard InChI is InChI=1S/C25H19Cl2N3O2/c1-29-22(13-15-7-10-17(32-2)11-8-15)28-23-24(29)18-12-9-16(26)14-21(18)30(25(23)31)20-6-4-3-5-19(20)27/h3-12,14H,13H2,1-2H3. The summed E-state index contributed by atoms with van der Waals surface area (Å²) in [5.41, 5.74) is 3.28. The van der Waals surface area contributed by atoms with Gasteiger partial charge in [0.05, 0.1) is 28.9 Å². The van der Waals surface area contributed by atoms with Gasteiger partial charge in [-0.1, -0.05) is 47.5 Å². The molecule has 2 heterocycles. The quantitative estimate of drug-likeness (QED) is 0.339. The number of hydrogen-bond acceptors (Lipinski definition) is 3. The molecule has 0 atom stereocenters. The van der Waals surface area contributed by atoms with Crippen LogP contribution in [0.3, 0.4) is 0 Å². The molecule has 160 valence electrons. The lowest BCUT2D eigenvalue weighted by molar-refractivity contribution is 0.414. The zero-order chi connectivity index (χ0) is 22.4. The van der Waals surface area contributed by atoms with Gasteiger partial charge >= 0.3 is 0 Å². The van der Waals surface area contributed by atoms with Crippen LogP contribution >= 0.6 is 23.2 Å². The number of fused-ring (bicyclic) bond motifs is 3. The van der Waals surface area contributed by atoms with Crippen molar-refractivity contribution in [3.8, 4) is 11.4 Å². The van der Waals surface area contributed by atoms with Crippen LogP contribution in [0, 0.1) is 0 Å². The molecule has 0 aliphatic carbocycles. The number of imidazole rings is 1. The van der Waals surface area contributed by atoms with Crippen molar-refractivity contribution in [2.45, 2.75) is 6.42 Å². The second-order valence-corrected chi connectivity index (χ2v) is 8.41. The van der Waals surface area contributed by atoms with Gasteiger partial charge in [0.15, 0.2) is 5.52 Å². The highest BCUT2D eigenvalue weighted by molar-refractivity contribution is 6.33. The second-order valence-electron chi connectivity index (χ2n) is 7.56. The fourth-order valence-corrected chi connectivity index (χ4v) is 4.45. The maximum atomic E-state index is 13.7. The number of ether oxygens (including phenoxy) is 1. The maximum Gasteiger partial charge on any atom is 0.283 e. The molecular weight excluding hydrogens is 445 g/mol. The summed E-state index contributed by atoms with van der Waals surface area (Å²) in [6, 6.07) is 20.6. The van der Waals surface area contributed by atoms with E-state index in [0.29, 0.717) is 33.2 Å². The Morgan fingerprint density at radius 2 is 1.75 bits per heavy atom. The summed E-state index contributed by atoms with van der Waals surface area (Å²) in [5, 5.41) is 1.89. The van der Waals surface area contributed by atoms with Crippen molar-refractivity contribution < 1.29 is 4.74 Å².